The molecular formula is C8H17NOS. The Morgan fingerprint density at radius 2 is 2.09 bits per heavy atom. The minimum Gasteiger partial charge on any atom is -0.392 e. The number of rotatable bonds is 2. The van der Waals surface area contributed by atoms with Gasteiger partial charge in [-0.15, -0.1) is 0 Å². The van der Waals surface area contributed by atoms with Crippen molar-refractivity contribution in [3.8, 4) is 0 Å². The number of thiol groups is 1. The molecule has 1 rings (SSSR count). The summed E-state index contributed by atoms with van der Waals surface area (Å²) in [5, 5.41) is 13.0. The highest BCUT2D eigenvalue weighted by atomic mass is 32.1. The molecule has 3 unspecified atom stereocenters. The SMILES string of the molecule is CC(S)NC1CCCCC1O. The zero-order valence-electron chi connectivity index (χ0n) is 6.95. The molecule has 0 amide bonds. The molecule has 3 atom stereocenters. The molecule has 0 spiro atoms. The highest BCUT2D eigenvalue weighted by Crippen LogP contribution is 2.18. The van der Waals surface area contributed by atoms with Crippen molar-refractivity contribution in [3.63, 3.8) is 0 Å². The van der Waals surface area contributed by atoms with Crippen LogP contribution in [0.5, 0.6) is 0 Å². The second kappa shape index (κ2) is 4.33. The molecule has 3 heteroatoms. The first-order valence-electron chi connectivity index (χ1n) is 4.32. The van der Waals surface area contributed by atoms with Crippen LogP contribution in [0.25, 0.3) is 0 Å². The van der Waals surface area contributed by atoms with E-state index in [0.717, 1.165) is 12.8 Å². The fraction of sp³-hybridized carbons (Fsp3) is 1.00. The van der Waals surface area contributed by atoms with Crippen LogP contribution in [0.4, 0.5) is 0 Å². The summed E-state index contributed by atoms with van der Waals surface area (Å²) in [4.78, 5) is 0. The zero-order valence-corrected chi connectivity index (χ0v) is 7.85. The van der Waals surface area contributed by atoms with Gasteiger partial charge >= 0.3 is 0 Å². The van der Waals surface area contributed by atoms with Gasteiger partial charge in [0.25, 0.3) is 0 Å². The van der Waals surface area contributed by atoms with E-state index in [9.17, 15) is 5.11 Å². The van der Waals surface area contributed by atoms with Gasteiger partial charge < -0.3 is 10.4 Å². The van der Waals surface area contributed by atoms with Gasteiger partial charge in [-0.25, -0.2) is 0 Å². The van der Waals surface area contributed by atoms with Crippen molar-refractivity contribution in [2.45, 2.75) is 50.1 Å². The molecule has 1 saturated carbocycles. The number of nitrogens with one attached hydrogen (secondary N) is 1. The van der Waals surface area contributed by atoms with Crippen LogP contribution in [0.2, 0.25) is 0 Å². The average molecular weight is 175 g/mol. The van der Waals surface area contributed by atoms with Crippen molar-refractivity contribution in [2.75, 3.05) is 0 Å². The van der Waals surface area contributed by atoms with Gasteiger partial charge in [0.1, 0.15) is 0 Å². The van der Waals surface area contributed by atoms with Crippen LogP contribution in [0.3, 0.4) is 0 Å². The van der Waals surface area contributed by atoms with Crippen LogP contribution in [0.1, 0.15) is 32.6 Å². The Bertz CT molecular complexity index is 119. The summed E-state index contributed by atoms with van der Waals surface area (Å²) in [5.74, 6) is 0. The summed E-state index contributed by atoms with van der Waals surface area (Å²) >= 11 is 4.23. The summed E-state index contributed by atoms with van der Waals surface area (Å²) in [6.07, 6.45) is 4.28. The van der Waals surface area contributed by atoms with Crippen molar-refractivity contribution in [1.82, 2.24) is 5.32 Å². The van der Waals surface area contributed by atoms with Crippen LogP contribution < -0.4 is 5.32 Å². The molecule has 1 fully saturated rings. The maximum atomic E-state index is 9.52. The number of aliphatic hydroxyl groups is 1. The van der Waals surface area contributed by atoms with E-state index in [1.165, 1.54) is 12.8 Å². The fourth-order valence-corrected chi connectivity index (χ4v) is 1.81. The predicted molar refractivity (Wildman–Crippen MR) is 49.8 cm³/mol. The Kier molecular flexibility index (Phi) is 3.69. The van der Waals surface area contributed by atoms with Gasteiger partial charge in [0.15, 0.2) is 0 Å². The zero-order chi connectivity index (χ0) is 8.27. The molecule has 0 saturated heterocycles. The molecule has 0 aromatic rings. The predicted octanol–water partition coefficient (Wildman–Crippen LogP) is 1.16. The highest BCUT2D eigenvalue weighted by molar-refractivity contribution is 7.80. The fourth-order valence-electron chi connectivity index (χ4n) is 1.62. The lowest BCUT2D eigenvalue weighted by Gasteiger charge is -2.29. The van der Waals surface area contributed by atoms with Crippen molar-refractivity contribution < 1.29 is 5.11 Å². The van der Waals surface area contributed by atoms with Crippen molar-refractivity contribution >= 4 is 12.6 Å². The molecule has 2 nitrogen and oxygen atoms in total. The minimum atomic E-state index is -0.154. The molecule has 0 heterocycles. The molecule has 0 aromatic heterocycles. The molecule has 2 N–H and O–H groups in total. The van der Waals surface area contributed by atoms with E-state index in [4.69, 9.17) is 0 Å². The summed E-state index contributed by atoms with van der Waals surface area (Å²) in [6.45, 7) is 1.99. The molecule has 0 aromatic carbocycles. The topological polar surface area (TPSA) is 32.3 Å². The van der Waals surface area contributed by atoms with Gasteiger partial charge in [-0.05, 0) is 19.8 Å². The third-order valence-electron chi connectivity index (χ3n) is 2.18. The Morgan fingerprint density at radius 1 is 1.45 bits per heavy atom. The van der Waals surface area contributed by atoms with E-state index in [0.29, 0.717) is 0 Å². The van der Waals surface area contributed by atoms with Gasteiger partial charge in [0.05, 0.1) is 6.10 Å². The van der Waals surface area contributed by atoms with Gasteiger partial charge in [0.2, 0.25) is 0 Å². The van der Waals surface area contributed by atoms with Gasteiger partial charge in [-0.1, -0.05) is 12.8 Å². The third kappa shape index (κ3) is 3.01. The first-order valence-corrected chi connectivity index (χ1v) is 4.84. The largest absolute Gasteiger partial charge is 0.392 e. The summed E-state index contributed by atoms with van der Waals surface area (Å²) in [7, 11) is 0. The third-order valence-corrected chi connectivity index (χ3v) is 2.33. The van der Waals surface area contributed by atoms with Gasteiger partial charge in [0, 0.05) is 11.4 Å². The van der Waals surface area contributed by atoms with E-state index >= 15 is 0 Å². The summed E-state index contributed by atoms with van der Waals surface area (Å²) in [5.41, 5.74) is 0. The lowest BCUT2D eigenvalue weighted by molar-refractivity contribution is 0.0905. The van der Waals surface area contributed by atoms with E-state index in [-0.39, 0.29) is 17.5 Å². The maximum Gasteiger partial charge on any atom is 0.0693 e. The average Bonchev–Trinajstić information content (AvgIpc) is 1.93. The van der Waals surface area contributed by atoms with Crippen molar-refractivity contribution in [2.24, 2.45) is 0 Å². The van der Waals surface area contributed by atoms with E-state index in [1.54, 1.807) is 0 Å². The molecule has 1 aliphatic carbocycles. The molecular weight excluding hydrogens is 158 g/mol. The summed E-state index contributed by atoms with van der Waals surface area (Å²) < 4.78 is 0. The van der Waals surface area contributed by atoms with Crippen molar-refractivity contribution in [3.05, 3.63) is 0 Å². The lowest BCUT2D eigenvalue weighted by Crippen LogP contribution is -2.44. The van der Waals surface area contributed by atoms with Gasteiger partial charge in [-0.2, -0.15) is 12.6 Å². The summed E-state index contributed by atoms with van der Waals surface area (Å²) in [6, 6.07) is 0.274. The van der Waals surface area contributed by atoms with Crippen LogP contribution in [0.15, 0.2) is 0 Å². The molecule has 0 radical (unpaired) electrons. The normalized spacial score (nSPS) is 35.2. The van der Waals surface area contributed by atoms with Gasteiger partial charge in [-0.3, -0.25) is 0 Å². The van der Waals surface area contributed by atoms with Crippen molar-refractivity contribution in [1.29, 1.82) is 0 Å². The Morgan fingerprint density at radius 3 is 2.64 bits per heavy atom. The number of hydrogen-bond acceptors (Lipinski definition) is 3. The smallest absolute Gasteiger partial charge is 0.0693 e. The van der Waals surface area contributed by atoms with Crippen LogP contribution in [-0.4, -0.2) is 22.6 Å². The number of hydrogen-bond donors (Lipinski definition) is 3. The Labute approximate surface area is 73.8 Å². The molecule has 1 aliphatic rings. The molecule has 0 aliphatic heterocycles. The standard InChI is InChI=1S/C8H17NOS/c1-6(11)9-7-4-2-3-5-8(7)10/h6-11H,2-5H2,1H3. The van der Waals surface area contributed by atoms with Crippen LogP contribution >= 0.6 is 12.6 Å². The Balaban J connectivity index is 2.29. The number of aliphatic hydroxyl groups excluding tert-OH is 1. The van der Waals surface area contributed by atoms with E-state index < -0.39 is 0 Å². The molecule has 66 valence electrons. The van der Waals surface area contributed by atoms with Crippen LogP contribution in [-0.2, 0) is 0 Å². The first-order chi connectivity index (χ1) is 5.20. The van der Waals surface area contributed by atoms with E-state index in [1.807, 2.05) is 6.92 Å². The van der Waals surface area contributed by atoms with E-state index in [2.05, 4.69) is 17.9 Å². The molecule has 0 bridgehead atoms. The quantitative estimate of drug-likeness (QED) is 0.434. The first kappa shape index (κ1) is 9.36. The monoisotopic (exact) mass is 175 g/mol. The maximum absolute atomic E-state index is 9.52. The van der Waals surface area contributed by atoms with Crippen LogP contribution in [0, 0.1) is 0 Å². The second-order valence-corrected chi connectivity index (χ2v) is 4.08. The Hall–Kier alpha value is 0.270. The highest BCUT2D eigenvalue weighted by Gasteiger charge is 2.22. The molecule has 11 heavy (non-hydrogen) atoms. The lowest BCUT2D eigenvalue weighted by atomic mass is 9.93. The minimum absolute atomic E-state index is 0.154. The second-order valence-electron chi connectivity index (χ2n) is 3.30.